The topological polar surface area (TPSA) is 77.6 Å². The molecule has 1 aromatic heterocycles. The van der Waals surface area contributed by atoms with Gasteiger partial charge >= 0.3 is 11.8 Å². The Bertz CT molecular complexity index is 814. The summed E-state index contributed by atoms with van der Waals surface area (Å²) in [5.74, 6) is -1.40. The summed E-state index contributed by atoms with van der Waals surface area (Å²) in [5.41, 5.74) is 2.69. The van der Waals surface area contributed by atoms with Gasteiger partial charge in [0.15, 0.2) is 5.13 Å². The van der Waals surface area contributed by atoms with Gasteiger partial charge in [0.25, 0.3) is 0 Å². The van der Waals surface area contributed by atoms with Crippen LogP contribution in [0.2, 0.25) is 0 Å². The molecule has 2 amide bonds. The van der Waals surface area contributed by atoms with Crippen molar-refractivity contribution in [3.8, 4) is 0 Å². The first-order valence-electron chi connectivity index (χ1n) is 9.14. The number of nitrogens with zero attached hydrogens (tertiary/aromatic N) is 3. The molecule has 0 atom stereocenters. The summed E-state index contributed by atoms with van der Waals surface area (Å²) in [7, 11) is 2.06. The normalized spacial score (nSPS) is 13.7. The van der Waals surface area contributed by atoms with Gasteiger partial charge in [-0.05, 0) is 45.2 Å². The molecule has 0 radical (unpaired) electrons. The van der Waals surface area contributed by atoms with Crippen LogP contribution in [0.4, 0.5) is 16.5 Å². The lowest BCUT2D eigenvalue weighted by Gasteiger charge is -2.21. The molecule has 0 spiro atoms. The van der Waals surface area contributed by atoms with E-state index in [0.717, 1.165) is 48.9 Å². The van der Waals surface area contributed by atoms with Gasteiger partial charge in [0.1, 0.15) is 0 Å². The second kappa shape index (κ2) is 8.49. The van der Waals surface area contributed by atoms with Crippen LogP contribution in [0.5, 0.6) is 0 Å². The molecule has 8 heteroatoms. The van der Waals surface area contributed by atoms with Crippen LogP contribution < -0.4 is 15.5 Å². The molecule has 144 valence electrons. The molecule has 0 saturated heterocycles. The number of hydrogen-bond donors (Lipinski definition) is 2. The fourth-order valence-electron chi connectivity index (χ4n) is 3.06. The highest BCUT2D eigenvalue weighted by atomic mass is 32.1. The Morgan fingerprint density at radius 3 is 2.48 bits per heavy atom. The van der Waals surface area contributed by atoms with E-state index in [1.807, 2.05) is 12.1 Å². The van der Waals surface area contributed by atoms with E-state index >= 15 is 0 Å². The summed E-state index contributed by atoms with van der Waals surface area (Å²) in [6.45, 7) is 7.80. The molecule has 1 aliphatic heterocycles. The predicted molar refractivity (Wildman–Crippen MR) is 109 cm³/mol. The van der Waals surface area contributed by atoms with Gasteiger partial charge in [-0.25, -0.2) is 4.98 Å². The van der Waals surface area contributed by atoms with Gasteiger partial charge in [-0.15, -0.1) is 11.3 Å². The van der Waals surface area contributed by atoms with E-state index in [0.29, 0.717) is 10.8 Å². The summed E-state index contributed by atoms with van der Waals surface area (Å²) < 4.78 is 0. The van der Waals surface area contributed by atoms with Crippen LogP contribution in [0.25, 0.3) is 0 Å². The van der Waals surface area contributed by atoms with Crippen LogP contribution in [0.15, 0.2) is 24.3 Å². The zero-order valence-electron chi connectivity index (χ0n) is 15.9. The highest BCUT2D eigenvalue weighted by Gasteiger charge is 2.21. The first-order valence-corrected chi connectivity index (χ1v) is 9.96. The summed E-state index contributed by atoms with van der Waals surface area (Å²) in [5, 5.41) is 5.72. The second-order valence-electron chi connectivity index (χ2n) is 6.50. The Labute approximate surface area is 163 Å². The molecule has 2 aromatic rings. The highest BCUT2D eigenvalue weighted by molar-refractivity contribution is 7.16. The molecule has 2 N–H and O–H groups in total. The Morgan fingerprint density at radius 1 is 1.15 bits per heavy atom. The zero-order valence-corrected chi connectivity index (χ0v) is 16.7. The molecule has 7 nitrogen and oxygen atoms in total. The van der Waals surface area contributed by atoms with E-state index in [9.17, 15) is 9.59 Å². The lowest BCUT2D eigenvalue weighted by molar-refractivity contribution is -0.132. The number of anilines is 3. The van der Waals surface area contributed by atoms with E-state index in [4.69, 9.17) is 0 Å². The SMILES string of the molecule is CCN(CC)c1ccc(NC(=O)C(=O)Nc2nc3c(s2)CN(C)CC3)cc1. The van der Waals surface area contributed by atoms with Crippen molar-refractivity contribution in [2.24, 2.45) is 0 Å². The third-order valence-corrected chi connectivity index (χ3v) is 5.60. The third kappa shape index (κ3) is 4.64. The van der Waals surface area contributed by atoms with Crippen molar-refractivity contribution in [1.82, 2.24) is 9.88 Å². The van der Waals surface area contributed by atoms with Crippen LogP contribution in [0.1, 0.15) is 24.4 Å². The Kier molecular flexibility index (Phi) is 6.08. The lowest BCUT2D eigenvalue weighted by atomic mass is 10.2. The van der Waals surface area contributed by atoms with Gasteiger partial charge < -0.3 is 15.1 Å². The maximum Gasteiger partial charge on any atom is 0.315 e. The van der Waals surface area contributed by atoms with Gasteiger partial charge in [0, 0.05) is 48.9 Å². The van der Waals surface area contributed by atoms with E-state index in [2.05, 4.69) is 46.3 Å². The van der Waals surface area contributed by atoms with E-state index in [1.54, 1.807) is 12.1 Å². The molecular weight excluding hydrogens is 362 g/mol. The van der Waals surface area contributed by atoms with Crippen LogP contribution in [0, 0.1) is 0 Å². The van der Waals surface area contributed by atoms with Crippen molar-refractivity contribution in [3.63, 3.8) is 0 Å². The van der Waals surface area contributed by atoms with Gasteiger partial charge in [-0.2, -0.15) is 0 Å². The fraction of sp³-hybridized carbons (Fsp3) is 0.421. The van der Waals surface area contributed by atoms with Crippen molar-refractivity contribution in [2.75, 3.05) is 42.2 Å². The number of carbonyl (C=O) groups is 2. The minimum atomic E-state index is -0.706. The van der Waals surface area contributed by atoms with Gasteiger partial charge in [-0.3, -0.25) is 14.9 Å². The number of fused-ring (bicyclic) bond motifs is 1. The van der Waals surface area contributed by atoms with Crippen molar-refractivity contribution < 1.29 is 9.59 Å². The Hall–Kier alpha value is -2.45. The van der Waals surface area contributed by atoms with Crippen LogP contribution in [0.3, 0.4) is 0 Å². The molecular formula is C19H25N5O2S. The third-order valence-electron chi connectivity index (χ3n) is 4.60. The number of aromatic nitrogens is 1. The number of thiazole rings is 1. The van der Waals surface area contributed by atoms with Crippen LogP contribution >= 0.6 is 11.3 Å². The number of benzene rings is 1. The minimum Gasteiger partial charge on any atom is -0.372 e. The Morgan fingerprint density at radius 2 is 1.81 bits per heavy atom. The summed E-state index contributed by atoms with van der Waals surface area (Å²) in [6, 6.07) is 7.48. The molecule has 0 fully saturated rings. The predicted octanol–water partition coefficient (Wildman–Crippen LogP) is 2.55. The fourth-order valence-corrected chi connectivity index (χ4v) is 4.15. The Balaban J connectivity index is 1.59. The minimum absolute atomic E-state index is 0.479. The van der Waals surface area contributed by atoms with Crippen molar-refractivity contribution in [2.45, 2.75) is 26.8 Å². The molecule has 2 heterocycles. The quantitative estimate of drug-likeness (QED) is 0.771. The molecule has 0 bridgehead atoms. The summed E-state index contributed by atoms with van der Waals surface area (Å²) in [4.78, 5) is 34.4. The van der Waals surface area contributed by atoms with E-state index in [-0.39, 0.29) is 0 Å². The lowest BCUT2D eigenvalue weighted by Crippen LogP contribution is -2.29. The molecule has 0 saturated carbocycles. The van der Waals surface area contributed by atoms with E-state index in [1.165, 1.54) is 11.3 Å². The largest absolute Gasteiger partial charge is 0.372 e. The number of rotatable bonds is 5. The second-order valence-corrected chi connectivity index (χ2v) is 7.59. The zero-order chi connectivity index (χ0) is 19.4. The number of nitrogens with one attached hydrogen (secondary N) is 2. The summed E-state index contributed by atoms with van der Waals surface area (Å²) >= 11 is 1.43. The van der Waals surface area contributed by atoms with Gasteiger partial charge in [0.2, 0.25) is 0 Å². The van der Waals surface area contributed by atoms with Crippen molar-refractivity contribution in [1.29, 1.82) is 0 Å². The van der Waals surface area contributed by atoms with Gasteiger partial charge in [0.05, 0.1) is 5.69 Å². The molecule has 0 aliphatic carbocycles. The number of amides is 2. The number of likely N-dealkylation sites (N-methyl/N-ethyl adjacent to an activating group) is 1. The number of carbonyl (C=O) groups excluding carboxylic acids is 2. The van der Waals surface area contributed by atoms with Crippen molar-refractivity contribution in [3.05, 3.63) is 34.8 Å². The molecule has 1 aliphatic rings. The smallest absolute Gasteiger partial charge is 0.315 e. The maximum atomic E-state index is 12.2. The molecule has 27 heavy (non-hydrogen) atoms. The summed E-state index contributed by atoms with van der Waals surface area (Å²) in [6.07, 6.45) is 0.864. The van der Waals surface area contributed by atoms with Gasteiger partial charge in [-0.1, -0.05) is 0 Å². The molecule has 3 rings (SSSR count). The van der Waals surface area contributed by atoms with Crippen LogP contribution in [-0.2, 0) is 22.6 Å². The first-order chi connectivity index (χ1) is 13.0. The number of hydrogen-bond acceptors (Lipinski definition) is 6. The average molecular weight is 388 g/mol. The monoisotopic (exact) mass is 387 g/mol. The maximum absolute atomic E-state index is 12.2. The first kappa shape index (κ1) is 19.3. The molecule has 0 unspecified atom stereocenters. The molecule has 1 aromatic carbocycles. The average Bonchev–Trinajstić information content (AvgIpc) is 3.05. The standard InChI is InChI=1S/C19H25N5O2S/c1-4-24(5-2)14-8-6-13(7-9-14)20-17(25)18(26)22-19-21-15-10-11-23(3)12-16(15)27-19/h6-9H,4-5,10-12H2,1-3H3,(H,20,25)(H,21,22,26). The highest BCUT2D eigenvalue weighted by Crippen LogP contribution is 2.27. The van der Waals surface area contributed by atoms with E-state index < -0.39 is 11.8 Å². The van der Waals surface area contributed by atoms with Crippen LogP contribution in [-0.4, -0.2) is 48.4 Å². The van der Waals surface area contributed by atoms with Crippen molar-refractivity contribution >= 4 is 39.7 Å².